The summed E-state index contributed by atoms with van der Waals surface area (Å²) in [7, 11) is 4.58. The van der Waals surface area contributed by atoms with E-state index in [1.807, 2.05) is 0 Å². The second-order valence-electron chi connectivity index (χ2n) is 4.44. The molecular weight excluding hydrogens is 266 g/mol. The van der Waals surface area contributed by atoms with Crippen LogP contribution in [0.15, 0.2) is 9.59 Å². The lowest BCUT2D eigenvalue weighted by molar-refractivity contribution is -0.136. The van der Waals surface area contributed by atoms with Crippen LogP contribution >= 0.6 is 0 Å². The van der Waals surface area contributed by atoms with Crippen LogP contribution in [-0.4, -0.2) is 36.3 Å². The fraction of sp³-hybridized carbons (Fsp3) is 0.455. The van der Waals surface area contributed by atoms with E-state index >= 15 is 0 Å². The molecule has 2 N–H and O–H groups in total. The van der Waals surface area contributed by atoms with Crippen molar-refractivity contribution >= 4 is 23.1 Å². The van der Waals surface area contributed by atoms with Crippen molar-refractivity contribution in [3.05, 3.63) is 20.8 Å². The van der Waals surface area contributed by atoms with Gasteiger partial charge in [-0.15, -0.1) is 0 Å². The maximum absolute atomic E-state index is 12.0. The SMILES string of the molecule is Cn1c(=O)c2nc(NCCC(=O)O)n(C)c2n(C)c1=O. The van der Waals surface area contributed by atoms with E-state index in [1.54, 1.807) is 18.7 Å². The van der Waals surface area contributed by atoms with Gasteiger partial charge in [0.25, 0.3) is 5.56 Å². The highest BCUT2D eigenvalue weighted by atomic mass is 16.4. The van der Waals surface area contributed by atoms with Gasteiger partial charge in [-0.25, -0.2) is 9.78 Å². The molecule has 0 unspecified atom stereocenters. The van der Waals surface area contributed by atoms with E-state index in [0.717, 1.165) is 4.57 Å². The first-order valence-electron chi connectivity index (χ1n) is 5.92. The Morgan fingerprint density at radius 2 is 1.85 bits per heavy atom. The van der Waals surface area contributed by atoms with Gasteiger partial charge in [0.2, 0.25) is 5.95 Å². The highest BCUT2D eigenvalue weighted by Crippen LogP contribution is 2.13. The Balaban J connectivity index is 2.56. The number of rotatable bonds is 4. The third-order valence-electron chi connectivity index (χ3n) is 3.09. The van der Waals surface area contributed by atoms with Crippen LogP contribution in [0.5, 0.6) is 0 Å². The number of hydrogen-bond acceptors (Lipinski definition) is 5. The van der Waals surface area contributed by atoms with Crippen molar-refractivity contribution in [3.8, 4) is 0 Å². The van der Waals surface area contributed by atoms with E-state index in [4.69, 9.17) is 5.11 Å². The molecule has 0 radical (unpaired) electrons. The maximum atomic E-state index is 12.0. The maximum Gasteiger partial charge on any atom is 0.332 e. The summed E-state index contributed by atoms with van der Waals surface area (Å²) >= 11 is 0. The van der Waals surface area contributed by atoms with E-state index < -0.39 is 17.2 Å². The number of nitrogens with zero attached hydrogens (tertiary/aromatic N) is 4. The molecule has 0 amide bonds. The van der Waals surface area contributed by atoms with Gasteiger partial charge in [0.1, 0.15) is 0 Å². The highest BCUT2D eigenvalue weighted by Gasteiger charge is 2.16. The molecule has 2 aromatic rings. The van der Waals surface area contributed by atoms with Gasteiger partial charge in [0, 0.05) is 27.7 Å². The number of hydrogen-bond donors (Lipinski definition) is 2. The number of imidazole rings is 1. The van der Waals surface area contributed by atoms with Crippen LogP contribution in [0.2, 0.25) is 0 Å². The van der Waals surface area contributed by atoms with Gasteiger partial charge in [-0.3, -0.25) is 23.3 Å². The lowest BCUT2D eigenvalue weighted by Crippen LogP contribution is -2.37. The van der Waals surface area contributed by atoms with Crippen LogP contribution in [0.1, 0.15) is 6.42 Å². The fourth-order valence-corrected chi connectivity index (χ4v) is 2.02. The van der Waals surface area contributed by atoms with Gasteiger partial charge in [0.15, 0.2) is 11.2 Å². The zero-order valence-corrected chi connectivity index (χ0v) is 11.4. The van der Waals surface area contributed by atoms with Crippen molar-refractivity contribution < 1.29 is 9.90 Å². The summed E-state index contributed by atoms with van der Waals surface area (Å²) in [5, 5.41) is 11.4. The van der Waals surface area contributed by atoms with Crippen LogP contribution in [0.25, 0.3) is 11.2 Å². The highest BCUT2D eigenvalue weighted by molar-refractivity contribution is 5.74. The molecule has 0 atom stereocenters. The van der Waals surface area contributed by atoms with Gasteiger partial charge in [-0.1, -0.05) is 0 Å². The molecule has 0 saturated carbocycles. The van der Waals surface area contributed by atoms with Crippen LogP contribution in [-0.2, 0) is 25.9 Å². The van der Waals surface area contributed by atoms with Crippen molar-refractivity contribution in [1.29, 1.82) is 0 Å². The number of aromatic nitrogens is 4. The van der Waals surface area contributed by atoms with Gasteiger partial charge >= 0.3 is 11.7 Å². The first kappa shape index (κ1) is 13.8. The van der Waals surface area contributed by atoms with Gasteiger partial charge in [-0.2, -0.15) is 0 Å². The molecule has 0 aromatic carbocycles. The Hall–Kier alpha value is -2.58. The molecule has 108 valence electrons. The lowest BCUT2D eigenvalue weighted by Gasteiger charge is -2.06. The number of fused-ring (bicyclic) bond motifs is 1. The first-order chi connectivity index (χ1) is 9.34. The Labute approximate surface area is 113 Å². The van der Waals surface area contributed by atoms with Gasteiger partial charge < -0.3 is 10.4 Å². The normalized spacial score (nSPS) is 10.9. The number of nitrogens with one attached hydrogen (secondary N) is 1. The predicted molar refractivity (Wildman–Crippen MR) is 71.9 cm³/mol. The van der Waals surface area contributed by atoms with E-state index in [9.17, 15) is 14.4 Å². The Kier molecular flexibility index (Phi) is 3.35. The number of carboxylic acid groups (broad SMARTS) is 1. The lowest BCUT2D eigenvalue weighted by atomic mass is 10.4. The summed E-state index contributed by atoms with van der Waals surface area (Å²) in [6.45, 7) is 0.181. The number of aryl methyl sites for hydroxylation is 2. The largest absolute Gasteiger partial charge is 0.481 e. The van der Waals surface area contributed by atoms with E-state index in [-0.39, 0.29) is 18.5 Å². The zero-order chi connectivity index (χ0) is 15.0. The van der Waals surface area contributed by atoms with Crippen LogP contribution in [0.3, 0.4) is 0 Å². The summed E-state index contributed by atoms with van der Waals surface area (Å²) in [5.41, 5.74) is -0.376. The standard InChI is InChI=1S/C11H15N5O4/c1-14-8-7(9(19)16(3)11(20)15(8)2)13-10(14)12-5-4-6(17)18/h4-5H2,1-3H3,(H,12,13)(H,17,18). The van der Waals surface area contributed by atoms with Crippen molar-refractivity contribution in [1.82, 2.24) is 18.7 Å². The van der Waals surface area contributed by atoms with Crippen molar-refractivity contribution in [3.63, 3.8) is 0 Å². The molecule has 9 heteroatoms. The smallest absolute Gasteiger partial charge is 0.332 e. The monoisotopic (exact) mass is 281 g/mol. The molecule has 0 spiro atoms. The molecule has 2 heterocycles. The molecule has 0 aliphatic carbocycles. The molecule has 2 aromatic heterocycles. The number of carboxylic acids is 1. The third-order valence-corrected chi connectivity index (χ3v) is 3.09. The Morgan fingerprint density at radius 1 is 1.20 bits per heavy atom. The fourth-order valence-electron chi connectivity index (χ4n) is 2.02. The van der Waals surface area contributed by atoms with Crippen LogP contribution in [0.4, 0.5) is 5.95 Å². The van der Waals surface area contributed by atoms with Crippen molar-refractivity contribution in [2.45, 2.75) is 6.42 Å². The quantitative estimate of drug-likeness (QED) is 0.732. The molecule has 0 aliphatic heterocycles. The van der Waals surface area contributed by atoms with E-state index in [1.165, 1.54) is 11.6 Å². The summed E-state index contributed by atoms with van der Waals surface area (Å²) in [4.78, 5) is 38.5. The average Bonchev–Trinajstić information content (AvgIpc) is 2.71. The van der Waals surface area contributed by atoms with E-state index in [2.05, 4.69) is 10.3 Å². The van der Waals surface area contributed by atoms with Gasteiger partial charge in [-0.05, 0) is 0 Å². The van der Waals surface area contributed by atoms with Gasteiger partial charge in [0.05, 0.1) is 6.42 Å². The number of anilines is 1. The number of carbonyl (C=O) groups is 1. The Morgan fingerprint density at radius 3 is 2.45 bits per heavy atom. The molecule has 9 nitrogen and oxygen atoms in total. The topological polar surface area (TPSA) is 111 Å². The summed E-state index contributed by atoms with van der Waals surface area (Å²) in [6.07, 6.45) is -0.0693. The average molecular weight is 281 g/mol. The molecule has 2 rings (SSSR count). The predicted octanol–water partition coefficient (Wildman–Crippen LogP) is -1.14. The van der Waals surface area contributed by atoms with Crippen molar-refractivity contribution in [2.75, 3.05) is 11.9 Å². The third kappa shape index (κ3) is 2.06. The number of aliphatic carboxylic acids is 1. The van der Waals surface area contributed by atoms with E-state index in [0.29, 0.717) is 11.6 Å². The van der Waals surface area contributed by atoms with Crippen LogP contribution in [0, 0.1) is 0 Å². The second kappa shape index (κ2) is 4.83. The molecular formula is C11H15N5O4. The Bertz CT molecular complexity index is 798. The van der Waals surface area contributed by atoms with Crippen molar-refractivity contribution in [2.24, 2.45) is 21.1 Å². The molecule has 20 heavy (non-hydrogen) atoms. The molecule has 0 aliphatic rings. The minimum Gasteiger partial charge on any atom is -0.481 e. The molecule has 0 saturated heterocycles. The first-order valence-corrected chi connectivity index (χ1v) is 5.92. The minimum absolute atomic E-state index is 0.0693. The summed E-state index contributed by atoms with van der Waals surface area (Å²) in [6, 6.07) is 0. The molecule has 0 bridgehead atoms. The zero-order valence-electron chi connectivity index (χ0n) is 11.4. The second-order valence-corrected chi connectivity index (χ2v) is 4.44. The van der Waals surface area contributed by atoms with Crippen LogP contribution < -0.4 is 16.6 Å². The summed E-state index contributed by atoms with van der Waals surface area (Å²) in [5.74, 6) is -0.584. The minimum atomic E-state index is -0.931. The molecule has 0 fully saturated rings. The summed E-state index contributed by atoms with van der Waals surface area (Å²) < 4.78 is 3.86.